The zero-order chi connectivity index (χ0) is 15.8. The highest BCUT2D eigenvalue weighted by atomic mass is 16.5. The fourth-order valence-electron chi connectivity index (χ4n) is 1.89. The van der Waals surface area contributed by atoms with E-state index in [-0.39, 0.29) is 12.3 Å². The van der Waals surface area contributed by atoms with Crippen molar-refractivity contribution in [1.82, 2.24) is 0 Å². The van der Waals surface area contributed by atoms with Gasteiger partial charge in [-0.05, 0) is 6.92 Å². The van der Waals surface area contributed by atoms with Gasteiger partial charge >= 0.3 is 0 Å². The first kappa shape index (κ1) is 17.1. The molecule has 1 unspecified atom stereocenters. The molecule has 0 amide bonds. The number of aromatic hydroxyl groups is 1. The van der Waals surface area contributed by atoms with Crippen molar-refractivity contribution in [2.45, 2.75) is 32.1 Å². The predicted octanol–water partition coefficient (Wildman–Crippen LogP) is 2.12. The molecule has 0 saturated carbocycles. The molecule has 1 rings (SSSR count). The summed E-state index contributed by atoms with van der Waals surface area (Å²) in [6.07, 6.45) is 4.72. The molecule has 1 aromatic rings. The van der Waals surface area contributed by atoms with Crippen molar-refractivity contribution in [2.24, 2.45) is 5.73 Å². The first-order valence-electron chi connectivity index (χ1n) is 6.75. The normalized spacial score (nSPS) is 13.9. The summed E-state index contributed by atoms with van der Waals surface area (Å²) in [6.45, 7) is 5.40. The number of hydrogen-bond donors (Lipinski definition) is 3. The third kappa shape index (κ3) is 4.81. The van der Waals surface area contributed by atoms with Crippen molar-refractivity contribution >= 4 is 0 Å². The second kappa shape index (κ2) is 8.34. The fourth-order valence-corrected chi connectivity index (χ4v) is 1.89. The minimum Gasteiger partial charge on any atom is -0.507 e. The summed E-state index contributed by atoms with van der Waals surface area (Å²) in [4.78, 5) is 0. The van der Waals surface area contributed by atoms with Gasteiger partial charge in [0.25, 0.3) is 0 Å². The molecule has 5 nitrogen and oxygen atoms in total. The molecule has 0 radical (unpaired) electrons. The first-order valence-corrected chi connectivity index (χ1v) is 6.75. The summed E-state index contributed by atoms with van der Waals surface area (Å²) < 4.78 is 10.9. The lowest BCUT2D eigenvalue weighted by Gasteiger charge is -2.21. The molecular formula is C16H23NO4. The lowest BCUT2D eigenvalue weighted by Crippen LogP contribution is -2.28. The molecule has 0 aliphatic heterocycles. The van der Waals surface area contributed by atoms with E-state index >= 15 is 0 Å². The first-order chi connectivity index (χ1) is 10.0. The van der Waals surface area contributed by atoms with E-state index in [1.807, 2.05) is 6.08 Å². The monoisotopic (exact) mass is 293 g/mol. The Hall–Kier alpha value is -1.98. The van der Waals surface area contributed by atoms with Gasteiger partial charge in [-0.15, -0.1) is 0 Å². The van der Waals surface area contributed by atoms with E-state index in [1.165, 1.54) is 13.2 Å². The van der Waals surface area contributed by atoms with Gasteiger partial charge in [0.15, 0.2) is 0 Å². The van der Waals surface area contributed by atoms with Crippen LogP contribution in [0.15, 0.2) is 36.9 Å². The van der Waals surface area contributed by atoms with Crippen LogP contribution < -0.4 is 15.2 Å². The maximum absolute atomic E-state index is 9.94. The lowest BCUT2D eigenvalue weighted by atomic mass is 10.1. The van der Waals surface area contributed by atoms with Crippen LogP contribution in [0.3, 0.4) is 0 Å². The number of methoxy groups -OCH3 is 1. The molecule has 116 valence electrons. The molecule has 0 aliphatic carbocycles. The van der Waals surface area contributed by atoms with E-state index in [0.717, 1.165) is 0 Å². The Morgan fingerprint density at radius 2 is 2.14 bits per heavy atom. The number of nitrogens with two attached hydrogens (primary N) is 1. The minimum atomic E-state index is -0.665. The molecule has 0 saturated heterocycles. The third-order valence-electron chi connectivity index (χ3n) is 3.05. The number of aliphatic hydroxyl groups is 1. The van der Waals surface area contributed by atoms with E-state index < -0.39 is 12.2 Å². The van der Waals surface area contributed by atoms with Crippen LogP contribution in [-0.4, -0.2) is 29.5 Å². The van der Waals surface area contributed by atoms with Gasteiger partial charge in [-0.1, -0.05) is 24.8 Å². The van der Waals surface area contributed by atoms with E-state index in [1.54, 1.807) is 25.1 Å². The van der Waals surface area contributed by atoms with Crippen molar-refractivity contribution in [3.63, 3.8) is 0 Å². The molecule has 21 heavy (non-hydrogen) atoms. The maximum Gasteiger partial charge on any atom is 0.130 e. The molecule has 0 aromatic heterocycles. The summed E-state index contributed by atoms with van der Waals surface area (Å²) >= 11 is 0. The Kier molecular flexibility index (Phi) is 6.78. The number of phenolic OH excluding ortho intramolecular Hbond substituents is 1. The summed E-state index contributed by atoms with van der Waals surface area (Å²) in [7, 11) is 1.50. The standard InChI is InChI=1S/C16H23NO4/c1-4-5-6-7-15(11(2)18)21-12-8-14(19)13(10-17)16(9-12)20-3/h4-6,8-9,11,15,18-19H,1,7,10,17H2,2-3H3/b6-5-/t11-,15?/m1/s1. The molecule has 4 N–H and O–H groups in total. The second-order valence-corrected chi connectivity index (χ2v) is 4.62. The lowest BCUT2D eigenvalue weighted by molar-refractivity contribution is 0.0503. The number of benzene rings is 1. The van der Waals surface area contributed by atoms with Crippen LogP contribution in [0, 0.1) is 0 Å². The number of hydrogen-bond acceptors (Lipinski definition) is 5. The van der Waals surface area contributed by atoms with Gasteiger partial charge in [-0.25, -0.2) is 0 Å². The van der Waals surface area contributed by atoms with Crippen LogP contribution in [0.2, 0.25) is 0 Å². The summed E-state index contributed by atoms with van der Waals surface area (Å²) in [5.41, 5.74) is 6.09. The van der Waals surface area contributed by atoms with Gasteiger partial charge in [0.1, 0.15) is 23.4 Å². The molecule has 0 heterocycles. The van der Waals surface area contributed by atoms with Crippen LogP contribution in [0.5, 0.6) is 17.2 Å². The van der Waals surface area contributed by atoms with E-state index in [2.05, 4.69) is 6.58 Å². The molecule has 2 atom stereocenters. The van der Waals surface area contributed by atoms with Crippen molar-refractivity contribution in [3.8, 4) is 17.2 Å². The number of aliphatic hydroxyl groups excluding tert-OH is 1. The van der Waals surface area contributed by atoms with Crippen LogP contribution >= 0.6 is 0 Å². The van der Waals surface area contributed by atoms with Gasteiger partial charge < -0.3 is 25.4 Å². The van der Waals surface area contributed by atoms with E-state index in [0.29, 0.717) is 23.5 Å². The summed E-state index contributed by atoms with van der Waals surface area (Å²) in [5, 5.41) is 19.7. The quantitative estimate of drug-likeness (QED) is 0.639. The van der Waals surface area contributed by atoms with Gasteiger partial charge in [0.2, 0.25) is 0 Å². The largest absolute Gasteiger partial charge is 0.507 e. The highest BCUT2D eigenvalue weighted by Gasteiger charge is 2.18. The van der Waals surface area contributed by atoms with Crippen LogP contribution in [0.25, 0.3) is 0 Å². The molecular weight excluding hydrogens is 270 g/mol. The Bertz CT molecular complexity index is 497. The molecule has 0 spiro atoms. The molecule has 0 bridgehead atoms. The Balaban J connectivity index is 2.95. The predicted molar refractivity (Wildman–Crippen MR) is 82.6 cm³/mol. The zero-order valence-electron chi connectivity index (χ0n) is 12.5. The second-order valence-electron chi connectivity index (χ2n) is 4.62. The molecule has 5 heteroatoms. The number of phenols is 1. The molecule has 0 aliphatic rings. The SMILES string of the molecule is C=C/C=C\CC(Oc1cc(O)c(CN)c(OC)c1)[C@@H](C)O. The Labute approximate surface area is 125 Å². The zero-order valence-corrected chi connectivity index (χ0v) is 12.5. The smallest absolute Gasteiger partial charge is 0.130 e. The van der Waals surface area contributed by atoms with E-state index in [9.17, 15) is 10.2 Å². The van der Waals surface area contributed by atoms with Crippen LogP contribution in [0.1, 0.15) is 18.9 Å². The Morgan fingerprint density at radius 3 is 2.67 bits per heavy atom. The van der Waals surface area contributed by atoms with Gasteiger partial charge in [0, 0.05) is 30.7 Å². The maximum atomic E-state index is 9.94. The average molecular weight is 293 g/mol. The van der Waals surface area contributed by atoms with Gasteiger partial charge in [-0.3, -0.25) is 0 Å². The highest BCUT2D eigenvalue weighted by Crippen LogP contribution is 2.33. The molecule has 1 aromatic carbocycles. The van der Waals surface area contributed by atoms with Crippen molar-refractivity contribution in [2.75, 3.05) is 7.11 Å². The number of allylic oxidation sites excluding steroid dienone is 2. The van der Waals surface area contributed by atoms with Gasteiger partial charge in [-0.2, -0.15) is 0 Å². The summed E-state index contributed by atoms with van der Waals surface area (Å²) in [6, 6.07) is 3.12. The average Bonchev–Trinajstić information content (AvgIpc) is 2.45. The molecule has 0 fully saturated rings. The van der Waals surface area contributed by atoms with Gasteiger partial charge in [0.05, 0.1) is 13.2 Å². The summed E-state index contributed by atoms with van der Waals surface area (Å²) in [5.74, 6) is 0.885. The van der Waals surface area contributed by atoms with E-state index in [4.69, 9.17) is 15.2 Å². The topological polar surface area (TPSA) is 84.9 Å². The van der Waals surface area contributed by atoms with Crippen molar-refractivity contribution < 1.29 is 19.7 Å². The van der Waals surface area contributed by atoms with Crippen LogP contribution in [-0.2, 0) is 6.54 Å². The van der Waals surface area contributed by atoms with Crippen LogP contribution in [0.4, 0.5) is 0 Å². The fraction of sp³-hybridized carbons (Fsp3) is 0.375. The van der Waals surface area contributed by atoms with Crippen molar-refractivity contribution in [3.05, 3.63) is 42.5 Å². The number of rotatable bonds is 8. The third-order valence-corrected chi connectivity index (χ3v) is 3.05. The number of ether oxygens (including phenoxy) is 2. The van der Waals surface area contributed by atoms with Crippen molar-refractivity contribution in [1.29, 1.82) is 0 Å². The highest BCUT2D eigenvalue weighted by molar-refractivity contribution is 5.49. The Morgan fingerprint density at radius 1 is 1.43 bits per heavy atom. The minimum absolute atomic E-state index is 0.0119.